The van der Waals surface area contributed by atoms with Gasteiger partial charge in [0, 0.05) is 13.0 Å². The molecule has 0 fully saturated rings. The third-order valence-corrected chi connectivity index (χ3v) is 4.11. The van der Waals surface area contributed by atoms with Crippen molar-refractivity contribution in [3.05, 3.63) is 48.6 Å². The van der Waals surface area contributed by atoms with Crippen molar-refractivity contribution in [3.8, 4) is 0 Å². The van der Waals surface area contributed by atoms with Crippen LogP contribution in [-0.2, 0) is 4.79 Å². The van der Waals surface area contributed by atoms with Crippen LogP contribution in [0.3, 0.4) is 0 Å². The second-order valence-electron chi connectivity index (χ2n) is 6.64. The number of nitrogens with one attached hydrogen (secondary N) is 1. The molecule has 0 aliphatic rings. The van der Waals surface area contributed by atoms with E-state index < -0.39 is 0 Å². The van der Waals surface area contributed by atoms with E-state index in [-0.39, 0.29) is 5.91 Å². The number of allylic oxidation sites excluding steroid dienone is 8. The van der Waals surface area contributed by atoms with Crippen LogP contribution >= 0.6 is 0 Å². The van der Waals surface area contributed by atoms with E-state index in [0.717, 1.165) is 45.1 Å². The van der Waals surface area contributed by atoms with E-state index in [1.165, 1.54) is 32.1 Å². The van der Waals surface area contributed by atoms with Crippen molar-refractivity contribution in [1.82, 2.24) is 5.32 Å². The smallest absolute Gasteiger partial charge is 0.219 e. The molecule has 0 bridgehead atoms. The van der Waals surface area contributed by atoms with E-state index in [1.807, 2.05) is 6.92 Å². The first kappa shape index (κ1) is 24.4. The van der Waals surface area contributed by atoms with Crippen LogP contribution in [0.5, 0.6) is 0 Å². The lowest BCUT2D eigenvalue weighted by atomic mass is 10.1. The molecule has 0 aromatic carbocycles. The highest BCUT2D eigenvalue weighted by molar-refractivity contribution is 5.75. The predicted molar refractivity (Wildman–Crippen MR) is 116 cm³/mol. The van der Waals surface area contributed by atoms with Gasteiger partial charge in [-0.3, -0.25) is 4.79 Å². The maximum absolute atomic E-state index is 11.3. The fourth-order valence-corrected chi connectivity index (χ4v) is 2.57. The molecule has 0 aliphatic carbocycles. The summed E-state index contributed by atoms with van der Waals surface area (Å²) in [6, 6.07) is 0. The molecule has 0 aromatic rings. The first-order valence-corrected chi connectivity index (χ1v) is 10.7. The number of hydrogen-bond donors (Lipinski definition) is 1. The fraction of sp³-hybridized carbons (Fsp3) is 0.625. The fourth-order valence-electron chi connectivity index (χ4n) is 2.57. The third kappa shape index (κ3) is 20.5. The average Bonchev–Trinajstić information content (AvgIpc) is 2.64. The van der Waals surface area contributed by atoms with Crippen LogP contribution in [0.2, 0.25) is 0 Å². The normalized spacial score (nSPS) is 12.2. The predicted octanol–water partition coefficient (Wildman–Crippen LogP) is 7.05. The zero-order valence-corrected chi connectivity index (χ0v) is 17.2. The zero-order chi connectivity index (χ0) is 19.1. The third-order valence-electron chi connectivity index (χ3n) is 4.11. The van der Waals surface area contributed by atoms with Gasteiger partial charge in [0.2, 0.25) is 5.91 Å². The molecule has 1 N–H and O–H groups in total. The van der Waals surface area contributed by atoms with Crippen LogP contribution in [0.25, 0.3) is 0 Å². The average molecular weight is 360 g/mol. The molecule has 0 aromatic heterocycles. The highest BCUT2D eigenvalue weighted by atomic mass is 16.1. The molecule has 2 nitrogen and oxygen atoms in total. The Labute approximate surface area is 162 Å². The van der Waals surface area contributed by atoms with E-state index >= 15 is 0 Å². The van der Waals surface area contributed by atoms with Crippen molar-refractivity contribution in [1.29, 1.82) is 0 Å². The van der Waals surface area contributed by atoms with Gasteiger partial charge in [-0.05, 0) is 58.3 Å². The van der Waals surface area contributed by atoms with Crippen LogP contribution in [0, 0.1) is 0 Å². The van der Waals surface area contributed by atoms with Crippen molar-refractivity contribution in [3.63, 3.8) is 0 Å². The van der Waals surface area contributed by atoms with Crippen LogP contribution < -0.4 is 5.32 Å². The molecule has 0 rings (SSSR count). The summed E-state index contributed by atoms with van der Waals surface area (Å²) in [5.41, 5.74) is 0. The standard InChI is InChI=1S/C24H41NO/c1-3-5-6-7-8-9-10-11-12-13-14-15-16-17-18-19-20-21-22-23-24(26)25-4-2/h8-9,11-12,14-15,17-18H,3-7,10,13,16,19-23H2,1-2H3,(H,25,26)/b9-8-,12-11-,15-14-,18-17-. The van der Waals surface area contributed by atoms with E-state index in [0.29, 0.717) is 6.42 Å². The molecular weight excluding hydrogens is 318 g/mol. The van der Waals surface area contributed by atoms with Gasteiger partial charge < -0.3 is 5.32 Å². The van der Waals surface area contributed by atoms with Gasteiger partial charge >= 0.3 is 0 Å². The van der Waals surface area contributed by atoms with Crippen molar-refractivity contribution in [2.45, 2.75) is 90.9 Å². The lowest BCUT2D eigenvalue weighted by molar-refractivity contribution is -0.121. The highest BCUT2D eigenvalue weighted by Crippen LogP contribution is 2.04. The largest absolute Gasteiger partial charge is 0.356 e. The molecular formula is C24H41NO. The SMILES string of the molecule is CCCCC/C=C\C/C=C\C/C=C\C/C=C\CCCCCC(=O)NCC. The van der Waals surface area contributed by atoms with Gasteiger partial charge in [-0.25, -0.2) is 0 Å². The molecule has 0 unspecified atom stereocenters. The Kier molecular flexibility index (Phi) is 20.2. The molecule has 0 spiro atoms. The second-order valence-corrected chi connectivity index (χ2v) is 6.64. The molecule has 0 aliphatic heterocycles. The summed E-state index contributed by atoms with van der Waals surface area (Å²) in [6.45, 7) is 4.94. The quantitative estimate of drug-likeness (QED) is 0.219. The summed E-state index contributed by atoms with van der Waals surface area (Å²) in [5, 5.41) is 2.84. The maximum Gasteiger partial charge on any atom is 0.219 e. The number of rotatable bonds is 17. The van der Waals surface area contributed by atoms with Gasteiger partial charge in [0.15, 0.2) is 0 Å². The summed E-state index contributed by atoms with van der Waals surface area (Å²) in [5.74, 6) is 0.185. The number of carbonyl (C=O) groups is 1. The molecule has 0 saturated carbocycles. The molecule has 148 valence electrons. The first-order chi connectivity index (χ1) is 12.8. The number of carbonyl (C=O) groups excluding carboxylic acids is 1. The topological polar surface area (TPSA) is 29.1 Å². The summed E-state index contributed by atoms with van der Waals surface area (Å²) < 4.78 is 0. The van der Waals surface area contributed by atoms with E-state index in [1.54, 1.807) is 0 Å². The van der Waals surface area contributed by atoms with Gasteiger partial charge in [-0.1, -0.05) is 74.8 Å². The number of unbranched alkanes of at least 4 members (excludes halogenated alkanes) is 6. The van der Waals surface area contributed by atoms with Crippen molar-refractivity contribution < 1.29 is 4.79 Å². The van der Waals surface area contributed by atoms with Crippen molar-refractivity contribution in [2.24, 2.45) is 0 Å². The van der Waals surface area contributed by atoms with Crippen LogP contribution in [0.1, 0.15) is 90.9 Å². The molecule has 0 heterocycles. The highest BCUT2D eigenvalue weighted by Gasteiger charge is 1.97. The molecule has 0 saturated heterocycles. The Morgan fingerprint density at radius 2 is 1.15 bits per heavy atom. The minimum atomic E-state index is 0.185. The molecule has 0 atom stereocenters. The monoisotopic (exact) mass is 359 g/mol. The van der Waals surface area contributed by atoms with Crippen molar-refractivity contribution in [2.75, 3.05) is 6.54 Å². The molecule has 26 heavy (non-hydrogen) atoms. The summed E-state index contributed by atoms with van der Waals surface area (Å²) in [7, 11) is 0. The summed E-state index contributed by atoms with van der Waals surface area (Å²) in [4.78, 5) is 11.3. The van der Waals surface area contributed by atoms with Gasteiger partial charge in [0.05, 0.1) is 0 Å². The minimum Gasteiger partial charge on any atom is -0.356 e. The van der Waals surface area contributed by atoms with E-state index in [4.69, 9.17) is 0 Å². The summed E-state index contributed by atoms with van der Waals surface area (Å²) >= 11 is 0. The minimum absolute atomic E-state index is 0.185. The molecule has 2 heteroatoms. The molecule has 0 radical (unpaired) electrons. The van der Waals surface area contributed by atoms with E-state index in [2.05, 4.69) is 60.8 Å². The lowest BCUT2D eigenvalue weighted by Crippen LogP contribution is -2.21. The summed E-state index contributed by atoms with van der Waals surface area (Å²) in [6.07, 6.45) is 31.4. The van der Waals surface area contributed by atoms with Gasteiger partial charge in [-0.15, -0.1) is 0 Å². The van der Waals surface area contributed by atoms with Crippen LogP contribution in [0.15, 0.2) is 48.6 Å². The second kappa shape index (κ2) is 21.5. The van der Waals surface area contributed by atoms with Crippen LogP contribution in [-0.4, -0.2) is 12.5 Å². The van der Waals surface area contributed by atoms with Crippen LogP contribution in [0.4, 0.5) is 0 Å². The van der Waals surface area contributed by atoms with E-state index in [9.17, 15) is 4.79 Å². The maximum atomic E-state index is 11.3. The number of hydrogen-bond acceptors (Lipinski definition) is 1. The van der Waals surface area contributed by atoms with Crippen molar-refractivity contribution >= 4 is 5.91 Å². The Morgan fingerprint density at radius 1 is 0.654 bits per heavy atom. The Hall–Kier alpha value is -1.57. The zero-order valence-electron chi connectivity index (χ0n) is 17.2. The van der Waals surface area contributed by atoms with Gasteiger partial charge in [-0.2, -0.15) is 0 Å². The number of amides is 1. The Balaban J connectivity index is 3.40. The lowest BCUT2D eigenvalue weighted by Gasteiger charge is -2.00. The van der Waals surface area contributed by atoms with Gasteiger partial charge in [0.1, 0.15) is 0 Å². The Morgan fingerprint density at radius 3 is 1.65 bits per heavy atom. The van der Waals surface area contributed by atoms with Gasteiger partial charge in [0.25, 0.3) is 0 Å². The molecule has 1 amide bonds. The Bertz CT molecular complexity index is 418. The first-order valence-electron chi connectivity index (χ1n) is 10.7.